The molecule has 3 aromatic rings. The summed E-state index contributed by atoms with van der Waals surface area (Å²) >= 11 is 3.58. The van der Waals surface area contributed by atoms with Crippen molar-refractivity contribution < 1.29 is 4.79 Å². The lowest BCUT2D eigenvalue weighted by Gasteiger charge is -2.35. The van der Waals surface area contributed by atoms with Crippen LogP contribution in [0, 0.1) is 0 Å². The number of amides is 1. The summed E-state index contributed by atoms with van der Waals surface area (Å²) in [7, 11) is 0. The Kier molecular flexibility index (Phi) is 5.62. The first-order valence-electron chi connectivity index (χ1n) is 9.90. The Balaban J connectivity index is 1.76. The maximum absolute atomic E-state index is 13.2. The molecule has 4 rings (SSSR count). The van der Waals surface area contributed by atoms with Gasteiger partial charge in [0, 0.05) is 29.9 Å². The summed E-state index contributed by atoms with van der Waals surface area (Å²) in [5, 5.41) is 4.77. The van der Waals surface area contributed by atoms with Crippen LogP contribution < -0.4 is 0 Å². The normalized spacial score (nSPS) is 17.9. The van der Waals surface area contributed by atoms with Crippen LogP contribution in [0.5, 0.6) is 0 Å². The maximum Gasteiger partial charge on any atom is 0.261 e. The van der Waals surface area contributed by atoms with Crippen molar-refractivity contribution in [3.05, 3.63) is 64.8 Å². The van der Waals surface area contributed by atoms with Crippen molar-refractivity contribution in [3.8, 4) is 11.3 Å². The molecule has 3 heterocycles. The second-order valence-corrected chi connectivity index (χ2v) is 8.06. The van der Waals surface area contributed by atoms with Gasteiger partial charge in [-0.15, -0.1) is 0 Å². The molecule has 0 radical (unpaired) electrons. The zero-order valence-corrected chi connectivity index (χ0v) is 17.6. The van der Waals surface area contributed by atoms with Crippen molar-refractivity contribution >= 4 is 33.4 Å². The maximum atomic E-state index is 13.2. The Morgan fingerprint density at radius 3 is 2.75 bits per heavy atom. The van der Waals surface area contributed by atoms with Gasteiger partial charge in [0.15, 0.2) is 0 Å². The molecule has 1 amide bonds. The number of hydrogen-bond acceptors (Lipinski definition) is 2. The van der Waals surface area contributed by atoms with Gasteiger partial charge < -0.3 is 4.90 Å². The van der Waals surface area contributed by atoms with Crippen LogP contribution in [0.1, 0.15) is 38.2 Å². The van der Waals surface area contributed by atoms with E-state index in [1.54, 1.807) is 0 Å². The molecular weight excluding hydrogens is 414 g/mol. The molecule has 1 aromatic carbocycles. The molecule has 1 aliphatic heterocycles. The van der Waals surface area contributed by atoms with E-state index < -0.39 is 0 Å². The van der Waals surface area contributed by atoms with Crippen LogP contribution in [-0.4, -0.2) is 33.0 Å². The highest BCUT2D eigenvalue weighted by molar-refractivity contribution is 9.12. The van der Waals surface area contributed by atoms with Crippen LogP contribution in [0.3, 0.4) is 0 Å². The second-order valence-electron chi connectivity index (χ2n) is 7.21. The average Bonchev–Trinajstić information content (AvgIpc) is 3.12. The van der Waals surface area contributed by atoms with E-state index in [1.807, 2.05) is 70.2 Å². The Morgan fingerprint density at radius 1 is 1.18 bits per heavy atom. The van der Waals surface area contributed by atoms with Crippen LogP contribution >= 0.6 is 15.9 Å². The smallest absolute Gasteiger partial charge is 0.261 e. The van der Waals surface area contributed by atoms with Gasteiger partial charge in [-0.1, -0.05) is 43.3 Å². The van der Waals surface area contributed by atoms with Gasteiger partial charge in [0.05, 0.1) is 10.00 Å². The predicted octanol–water partition coefficient (Wildman–Crippen LogP) is 5.53. The molecule has 28 heavy (non-hydrogen) atoms. The molecule has 1 saturated heterocycles. The summed E-state index contributed by atoms with van der Waals surface area (Å²) in [6.07, 6.45) is 8.25. The Morgan fingerprint density at radius 2 is 1.96 bits per heavy atom. The molecule has 1 fully saturated rings. The van der Waals surface area contributed by atoms with Crippen molar-refractivity contribution in [2.45, 2.75) is 38.6 Å². The van der Waals surface area contributed by atoms with Crippen LogP contribution in [0.4, 0.5) is 0 Å². The van der Waals surface area contributed by atoms with E-state index in [4.69, 9.17) is 5.10 Å². The standard InChI is InChI=1S/C23H24BrN3O/c1-2-18-12-6-8-14-26(18)23(28)20(24)16-19-21-13-7-9-15-27(21)25-22(19)17-10-4-3-5-11-17/h3-5,7,9-11,13,15-16,18H,2,6,8,12,14H2,1H3/b20-16-. The number of carbonyl (C=O) groups excluding carboxylic acids is 1. The van der Waals surface area contributed by atoms with Gasteiger partial charge in [-0.25, -0.2) is 4.52 Å². The lowest BCUT2D eigenvalue weighted by molar-refractivity contribution is -0.129. The summed E-state index contributed by atoms with van der Waals surface area (Å²) in [5.74, 6) is 0.0702. The number of rotatable bonds is 4. The van der Waals surface area contributed by atoms with E-state index in [1.165, 1.54) is 6.42 Å². The first-order chi connectivity index (χ1) is 13.7. The molecule has 0 saturated carbocycles. The zero-order valence-electron chi connectivity index (χ0n) is 16.0. The molecule has 4 nitrogen and oxygen atoms in total. The molecule has 0 spiro atoms. The first-order valence-corrected chi connectivity index (χ1v) is 10.7. The van der Waals surface area contributed by atoms with Gasteiger partial charge in [-0.3, -0.25) is 4.79 Å². The molecule has 0 bridgehead atoms. The molecule has 1 unspecified atom stereocenters. The van der Waals surface area contributed by atoms with E-state index in [-0.39, 0.29) is 5.91 Å². The van der Waals surface area contributed by atoms with Gasteiger partial charge in [0.1, 0.15) is 5.69 Å². The van der Waals surface area contributed by atoms with Gasteiger partial charge >= 0.3 is 0 Å². The highest BCUT2D eigenvalue weighted by atomic mass is 79.9. The van der Waals surface area contributed by atoms with E-state index in [2.05, 4.69) is 22.9 Å². The zero-order chi connectivity index (χ0) is 19.5. The minimum Gasteiger partial charge on any atom is -0.335 e. The van der Waals surface area contributed by atoms with Crippen molar-refractivity contribution in [1.29, 1.82) is 0 Å². The van der Waals surface area contributed by atoms with E-state index >= 15 is 0 Å². The molecule has 2 aromatic heterocycles. The number of piperidine rings is 1. The quantitative estimate of drug-likeness (QED) is 0.503. The average molecular weight is 438 g/mol. The number of nitrogens with zero attached hydrogens (tertiary/aromatic N) is 3. The number of hydrogen-bond donors (Lipinski definition) is 0. The van der Waals surface area contributed by atoms with Gasteiger partial charge in [0.25, 0.3) is 5.91 Å². The Labute approximate surface area is 174 Å². The third kappa shape index (κ3) is 3.63. The summed E-state index contributed by atoms with van der Waals surface area (Å²) in [5.41, 5.74) is 3.85. The van der Waals surface area contributed by atoms with Crippen molar-refractivity contribution in [3.63, 3.8) is 0 Å². The number of fused-ring (bicyclic) bond motifs is 1. The third-order valence-electron chi connectivity index (χ3n) is 5.46. The molecule has 5 heteroatoms. The van der Waals surface area contributed by atoms with Crippen molar-refractivity contribution in [2.24, 2.45) is 0 Å². The second kappa shape index (κ2) is 8.31. The number of benzene rings is 1. The lowest BCUT2D eigenvalue weighted by atomic mass is 9.99. The van der Waals surface area contributed by atoms with Gasteiger partial charge in [0.2, 0.25) is 0 Å². The fourth-order valence-corrected chi connectivity index (χ4v) is 4.44. The number of aromatic nitrogens is 2. The number of carbonyl (C=O) groups is 1. The van der Waals surface area contributed by atoms with Gasteiger partial charge in [-0.05, 0) is 59.8 Å². The molecule has 0 N–H and O–H groups in total. The minimum absolute atomic E-state index is 0.0702. The molecule has 144 valence electrons. The minimum atomic E-state index is 0.0702. The summed E-state index contributed by atoms with van der Waals surface area (Å²) in [4.78, 5) is 15.2. The van der Waals surface area contributed by atoms with E-state index in [0.717, 1.165) is 48.1 Å². The fourth-order valence-electron chi connectivity index (χ4n) is 3.99. The largest absolute Gasteiger partial charge is 0.335 e. The highest BCUT2D eigenvalue weighted by Crippen LogP contribution is 2.30. The summed E-state index contributed by atoms with van der Waals surface area (Å²) in [6, 6.07) is 16.4. The van der Waals surface area contributed by atoms with Crippen LogP contribution in [-0.2, 0) is 4.79 Å². The highest BCUT2D eigenvalue weighted by Gasteiger charge is 2.27. The predicted molar refractivity (Wildman–Crippen MR) is 117 cm³/mol. The third-order valence-corrected chi connectivity index (χ3v) is 6.03. The number of halogens is 1. The SMILES string of the molecule is CCC1CCCCN1C(=O)/C(Br)=C/c1c(-c2ccccc2)nn2ccccc12. The van der Waals surface area contributed by atoms with Crippen molar-refractivity contribution in [2.75, 3.05) is 6.54 Å². The van der Waals surface area contributed by atoms with E-state index in [0.29, 0.717) is 10.5 Å². The van der Waals surface area contributed by atoms with Crippen LogP contribution in [0.2, 0.25) is 0 Å². The molecule has 0 aliphatic carbocycles. The first kappa shape index (κ1) is 18.9. The summed E-state index contributed by atoms with van der Waals surface area (Å²) < 4.78 is 2.46. The number of pyridine rings is 1. The monoisotopic (exact) mass is 437 g/mol. The summed E-state index contributed by atoms with van der Waals surface area (Å²) in [6.45, 7) is 2.99. The van der Waals surface area contributed by atoms with Gasteiger partial charge in [-0.2, -0.15) is 5.10 Å². The topological polar surface area (TPSA) is 37.6 Å². The fraction of sp³-hybridized carbons (Fsp3) is 0.304. The lowest BCUT2D eigenvalue weighted by Crippen LogP contribution is -2.43. The molecule has 1 atom stereocenters. The number of likely N-dealkylation sites (tertiary alicyclic amines) is 1. The molecular formula is C23H24BrN3O. The van der Waals surface area contributed by atoms with Crippen LogP contribution in [0.25, 0.3) is 22.9 Å². The molecule has 1 aliphatic rings. The van der Waals surface area contributed by atoms with E-state index in [9.17, 15) is 4.79 Å². The van der Waals surface area contributed by atoms with Crippen molar-refractivity contribution in [1.82, 2.24) is 14.5 Å². The Hall–Kier alpha value is -2.40. The van der Waals surface area contributed by atoms with Crippen LogP contribution in [0.15, 0.2) is 59.2 Å². The Bertz CT molecular complexity index is 1010.